The van der Waals surface area contributed by atoms with Crippen LogP contribution >= 0.6 is 11.3 Å². The first-order valence-corrected chi connectivity index (χ1v) is 7.92. The van der Waals surface area contributed by atoms with E-state index in [1.807, 2.05) is 20.8 Å². The van der Waals surface area contributed by atoms with Crippen molar-refractivity contribution in [1.29, 1.82) is 0 Å². The van der Waals surface area contributed by atoms with Crippen molar-refractivity contribution in [3.63, 3.8) is 0 Å². The highest BCUT2D eigenvalue weighted by molar-refractivity contribution is 7.16. The van der Waals surface area contributed by atoms with Gasteiger partial charge in [0.15, 0.2) is 0 Å². The summed E-state index contributed by atoms with van der Waals surface area (Å²) < 4.78 is 6.28. The molecule has 1 N–H and O–H groups in total. The van der Waals surface area contributed by atoms with E-state index < -0.39 is 11.9 Å². The van der Waals surface area contributed by atoms with E-state index in [-0.39, 0.29) is 5.82 Å². The molecule has 8 nitrogen and oxygen atoms in total. The van der Waals surface area contributed by atoms with Gasteiger partial charge in [-0.2, -0.15) is 4.98 Å². The van der Waals surface area contributed by atoms with Gasteiger partial charge in [0.2, 0.25) is 5.82 Å². The number of hydrogen-bond donors (Lipinski definition) is 1. The third kappa shape index (κ3) is 2.62. The molecule has 0 aliphatic rings. The zero-order valence-electron chi connectivity index (χ0n) is 13.6. The molecule has 0 spiro atoms. The average molecular weight is 345 g/mol. The van der Waals surface area contributed by atoms with Crippen molar-refractivity contribution in [2.75, 3.05) is 12.4 Å². The Hall–Kier alpha value is -2.81. The number of fused-ring (bicyclic) bond motifs is 1. The molecule has 1 amide bonds. The first kappa shape index (κ1) is 16.1. The normalized spacial score (nSPS) is 10.8. The number of ether oxygens (including phenoxy) is 1. The van der Waals surface area contributed by atoms with Gasteiger partial charge >= 0.3 is 5.97 Å². The van der Waals surface area contributed by atoms with Crippen molar-refractivity contribution >= 4 is 34.0 Å². The van der Waals surface area contributed by atoms with Crippen LogP contribution in [0.1, 0.15) is 37.1 Å². The molecule has 0 aliphatic heterocycles. The van der Waals surface area contributed by atoms with Crippen molar-refractivity contribution in [3.8, 4) is 0 Å². The number of carbonyl (C=O) groups is 2. The molecule has 0 bridgehead atoms. The van der Waals surface area contributed by atoms with Gasteiger partial charge in [0.25, 0.3) is 11.7 Å². The van der Waals surface area contributed by atoms with Crippen molar-refractivity contribution in [3.05, 3.63) is 39.8 Å². The van der Waals surface area contributed by atoms with E-state index in [2.05, 4.69) is 20.4 Å². The van der Waals surface area contributed by atoms with Crippen LogP contribution in [-0.4, -0.2) is 38.6 Å². The van der Waals surface area contributed by atoms with E-state index >= 15 is 0 Å². The van der Waals surface area contributed by atoms with Crippen LogP contribution in [0.5, 0.6) is 0 Å². The van der Waals surface area contributed by atoms with Crippen LogP contribution < -0.4 is 5.32 Å². The number of thiophene rings is 1. The monoisotopic (exact) mass is 345 g/mol. The molecular formula is C15H15N5O3S. The van der Waals surface area contributed by atoms with Gasteiger partial charge in [0, 0.05) is 16.8 Å². The summed E-state index contributed by atoms with van der Waals surface area (Å²) in [7, 11) is 1.30. The topological polar surface area (TPSA) is 98.5 Å². The second-order valence-corrected chi connectivity index (χ2v) is 6.39. The molecule has 0 atom stereocenters. The molecule has 0 saturated heterocycles. The number of hydrogen-bond acceptors (Lipinski definition) is 7. The summed E-state index contributed by atoms with van der Waals surface area (Å²) in [5, 5.41) is 7.27. The smallest absolute Gasteiger partial charge is 0.341 e. The van der Waals surface area contributed by atoms with Crippen LogP contribution in [0.3, 0.4) is 0 Å². The fraction of sp³-hybridized carbons (Fsp3) is 0.267. The summed E-state index contributed by atoms with van der Waals surface area (Å²) in [6.45, 7) is 5.52. The summed E-state index contributed by atoms with van der Waals surface area (Å²) in [5.41, 5.74) is 1.94. The van der Waals surface area contributed by atoms with Crippen LogP contribution in [0.4, 0.5) is 5.00 Å². The fourth-order valence-electron chi connectivity index (χ4n) is 2.22. The predicted molar refractivity (Wildman–Crippen MR) is 88.6 cm³/mol. The Labute approximate surface area is 141 Å². The third-order valence-corrected chi connectivity index (χ3v) is 4.76. The Bertz CT molecular complexity index is 960. The number of aryl methyl sites for hydroxylation is 2. The number of nitrogens with zero attached hydrogens (tertiary/aromatic N) is 4. The van der Waals surface area contributed by atoms with Crippen molar-refractivity contribution in [2.24, 2.45) is 0 Å². The summed E-state index contributed by atoms with van der Waals surface area (Å²) >= 11 is 1.31. The lowest BCUT2D eigenvalue weighted by molar-refractivity contribution is 0.0601. The Kier molecular flexibility index (Phi) is 4.02. The Morgan fingerprint density at radius 2 is 2.04 bits per heavy atom. The summed E-state index contributed by atoms with van der Waals surface area (Å²) in [6, 6.07) is 1.77. The fourth-order valence-corrected chi connectivity index (χ4v) is 3.27. The molecule has 0 fully saturated rings. The molecule has 3 aromatic rings. The van der Waals surface area contributed by atoms with Gasteiger partial charge in [-0.3, -0.25) is 4.79 Å². The third-order valence-electron chi connectivity index (χ3n) is 3.63. The number of nitrogens with one attached hydrogen (secondary N) is 1. The summed E-state index contributed by atoms with van der Waals surface area (Å²) in [5.74, 6) is -0.679. The van der Waals surface area contributed by atoms with Crippen LogP contribution in [0, 0.1) is 20.8 Å². The number of anilines is 1. The maximum absolute atomic E-state index is 12.5. The number of esters is 1. The lowest BCUT2D eigenvalue weighted by atomic mass is 10.1. The molecule has 0 saturated carbocycles. The van der Waals surface area contributed by atoms with Gasteiger partial charge in [0.1, 0.15) is 5.00 Å². The SMILES string of the molecule is COC(=O)c1c(NC(=O)c2nc3nccc(C)n3n2)sc(C)c1C. The minimum Gasteiger partial charge on any atom is -0.465 e. The minimum absolute atomic E-state index is 0.0173. The van der Waals surface area contributed by atoms with Crippen LogP contribution in [0.25, 0.3) is 5.78 Å². The molecule has 0 unspecified atom stereocenters. The quantitative estimate of drug-likeness (QED) is 0.730. The Balaban J connectivity index is 1.96. The molecule has 3 aromatic heterocycles. The van der Waals surface area contributed by atoms with Crippen LogP contribution in [0.2, 0.25) is 0 Å². The molecule has 3 rings (SSSR count). The molecule has 9 heteroatoms. The predicted octanol–water partition coefficient (Wildman–Crippen LogP) is 2.15. The number of aromatic nitrogens is 4. The van der Waals surface area contributed by atoms with Gasteiger partial charge in [0.05, 0.1) is 12.7 Å². The Morgan fingerprint density at radius 1 is 1.29 bits per heavy atom. The zero-order valence-corrected chi connectivity index (χ0v) is 14.4. The zero-order chi connectivity index (χ0) is 17.4. The Morgan fingerprint density at radius 3 is 2.71 bits per heavy atom. The first-order chi connectivity index (χ1) is 11.4. The van der Waals surface area contributed by atoms with Crippen molar-refractivity contribution in [2.45, 2.75) is 20.8 Å². The lowest BCUT2D eigenvalue weighted by Crippen LogP contribution is -2.16. The standard InChI is InChI=1S/C15H15N5O3S/c1-7-5-6-16-15-17-11(19-20(7)15)12(21)18-13-10(14(22)23-4)8(2)9(3)24-13/h5-6H,1-4H3,(H,18,21). The molecular weight excluding hydrogens is 330 g/mol. The van der Waals surface area contributed by atoms with E-state index in [0.717, 1.165) is 16.1 Å². The number of amides is 1. The van der Waals surface area contributed by atoms with E-state index in [9.17, 15) is 9.59 Å². The highest BCUT2D eigenvalue weighted by Crippen LogP contribution is 2.33. The first-order valence-electron chi connectivity index (χ1n) is 7.10. The van der Waals surface area contributed by atoms with Crippen LogP contribution in [0.15, 0.2) is 12.3 Å². The average Bonchev–Trinajstić information content (AvgIpc) is 3.10. The largest absolute Gasteiger partial charge is 0.465 e. The van der Waals surface area contributed by atoms with E-state index in [1.165, 1.54) is 23.0 Å². The van der Waals surface area contributed by atoms with Gasteiger partial charge in [-0.1, -0.05) is 0 Å². The molecule has 0 aromatic carbocycles. The second kappa shape index (κ2) is 6.00. The molecule has 3 heterocycles. The summed E-state index contributed by atoms with van der Waals surface area (Å²) in [6.07, 6.45) is 1.60. The molecule has 0 aliphatic carbocycles. The highest BCUT2D eigenvalue weighted by atomic mass is 32.1. The van der Waals surface area contributed by atoms with Crippen molar-refractivity contribution in [1.82, 2.24) is 19.6 Å². The van der Waals surface area contributed by atoms with E-state index in [4.69, 9.17) is 4.74 Å². The lowest BCUT2D eigenvalue weighted by Gasteiger charge is -2.04. The minimum atomic E-state index is -0.508. The van der Waals surface area contributed by atoms with Gasteiger partial charge < -0.3 is 10.1 Å². The molecule has 24 heavy (non-hydrogen) atoms. The molecule has 0 radical (unpaired) electrons. The highest BCUT2D eigenvalue weighted by Gasteiger charge is 2.23. The molecule has 124 valence electrons. The van der Waals surface area contributed by atoms with Crippen molar-refractivity contribution < 1.29 is 14.3 Å². The number of carbonyl (C=O) groups excluding carboxylic acids is 2. The summed E-state index contributed by atoms with van der Waals surface area (Å²) in [4.78, 5) is 33.5. The van der Waals surface area contributed by atoms with E-state index in [0.29, 0.717) is 16.3 Å². The van der Waals surface area contributed by atoms with E-state index in [1.54, 1.807) is 12.3 Å². The van der Waals surface area contributed by atoms with Gasteiger partial charge in [-0.05, 0) is 32.4 Å². The van der Waals surface area contributed by atoms with Crippen LogP contribution in [-0.2, 0) is 4.74 Å². The maximum atomic E-state index is 12.5. The van der Waals surface area contributed by atoms with Gasteiger partial charge in [-0.15, -0.1) is 16.4 Å². The number of rotatable bonds is 3. The van der Waals surface area contributed by atoms with Gasteiger partial charge in [-0.25, -0.2) is 14.3 Å². The second-order valence-electron chi connectivity index (χ2n) is 5.17. The number of methoxy groups -OCH3 is 1. The maximum Gasteiger partial charge on any atom is 0.341 e.